The Morgan fingerprint density at radius 1 is 0.419 bits per heavy atom. The number of allylic oxidation sites excluding steroid dienone is 2. The van der Waals surface area contributed by atoms with E-state index in [1.165, 1.54) is 152 Å². The van der Waals surface area contributed by atoms with Crippen molar-refractivity contribution >= 4 is 0 Å². The normalized spacial score (nSPS) is 12.5. The Balaban J connectivity index is 3.48. The number of hydrogen-bond donors (Lipinski definition) is 0. The molecule has 0 rings (SSSR count). The topological polar surface area (TPSA) is 9.23 Å². The number of ether oxygens (including phenoxy) is 1. The van der Waals surface area contributed by atoms with Crippen molar-refractivity contribution in [2.75, 3.05) is 0 Å². The summed E-state index contributed by atoms with van der Waals surface area (Å²) in [6, 6.07) is 0. The molecule has 1 heteroatoms. The van der Waals surface area contributed by atoms with E-state index in [4.69, 9.17) is 4.74 Å². The van der Waals surface area contributed by atoms with E-state index in [0.29, 0.717) is 0 Å². The van der Waals surface area contributed by atoms with Crippen LogP contribution in [0, 0.1) is 0 Å². The molecule has 1 nitrogen and oxygen atoms in total. The van der Waals surface area contributed by atoms with Gasteiger partial charge in [-0.2, -0.15) is 0 Å². The molecule has 0 saturated heterocycles. The molecule has 0 N–H and O–H groups in total. The van der Waals surface area contributed by atoms with Gasteiger partial charge in [-0.1, -0.05) is 129 Å². The van der Waals surface area contributed by atoms with Gasteiger partial charge in [0.2, 0.25) is 0 Å². The first-order chi connectivity index (χ1) is 15.2. The Morgan fingerprint density at radius 2 is 0.677 bits per heavy atom. The zero-order chi connectivity index (χ0) is 22.8. The molecule has 0 radical (unpaired) electrons. The number of hydrogen-bond acceptors (Lipinski definition) is 1. The molecule has 0 aliphatic heterocycles. The van der Waals surface area contributed by atoms with Gasteiger partial charge in [0, 0.05) is 0 Å². The van der Waals surface area contributed by atoms with E-state index in [2.05, 4.69) is 27.7 Å². The van der Waals surface area contributed by atoms with Crippen LogP contribution in [0.3, 0.4) is 0 Å². The average molecular weight is 435 g/mol. The molecule has 0 bridgehead atoms. The second-order valence-corrected chi connectivity index (χ2v) is 9.93. The van der Waals surface area contributed by atoms with Gasteiger partial charge in [0.15, 0.2) is 0 Å². The van der Waals surface area contributed by atoms with Crippen LogP contribution in [0.1, 0.15) is 169 Å². The first-order valence-corrected chi connectivity index (χ1v) is 14.2. The number of rotatable bonds is 24. The molecule has 0 heterocycles. The molecule has 0 aromatic heterocycles. The minimum atomic E-state index is 1.18. The van der Waals surface area contributed by atoms with Gasteiger partial charge in [-0.15, -0.1) is 0 Å². The molecule has 0 amide bonds. The van der Waals surface area contributed by atoms with E-state index in [1.54, 1.807) is 0 Å². The molecule has 0 unspecified atom stereocenters. The van der Waals surface area contributed by atoms with Crippen LogP contribution < -0.4 is 0 Å². The summed E-state index contributed by atoms with van der Waals surface area (Å²) in [7, 11) is 0. The first kappa shape index (κ1) is 30.3. The molecule has 0 aromatic rings. The van der Waals surface area contributed by atoms with E-state index in [1.807, 2.05) is 12.5 Å². The van der Waals surface area contributed by atoms with Crippen LogP contribution in [-0.4, -0.2) is 0 Å². The summed E-state index contributed by atoms with van der Waals surface area (Å²) in [5, 5.41) is 0. The Bertz CT molecular complexity index is 369. The van der Waals surface area contributed by atoms with Crippen LogP contribution in [0.5, 0.6) is 0 Å². The molecular formula is C30H58O. The molecule has 0 saturated carbocycles. The predicted octanol–water partition coefficient (Wildman–Crippen LogP) is 11.4. The van der Waals surface area contributed by atoms with Gasteiger partial charge in [0.25, 0.3) is 0 Å². The highest BCUT2D eigenvalue weighted by atomic mass is 16.5. The third-order valence-corrected chi connectivity index (χ3v) is 6.39. The Morgan fingerprint density at radius 3 is 0.968 bits per heavy atom. The lowest BCUT2D eigenvalue weighted by Crippen LogP contribution is -1.85. The lowest BCUT2D eigenvalue weighted by Gasteiger charge is -2.04. The SMILES string of the molecule is CCCCCCCCCCCCC(C)=COC=C(C)CCCCCCCCCCCC. The fraction of sp³-hybridized carbons (Fsp3) is 0.867. The summed E-state index contributed by atoms with van der Waals surface area (Å²) in [5.74, 6) is 0. The van der Waals surface area contributed by atoms with Crippen molar-refractivity contribution < 1.29 is 4.74 Å². The van der Waals surface area contributed by atoms with Gasteiger partial charge in [-0.25, -0.2) is 0 Å². The summed E-state index contributed by atoms with van der Waals surface area (Å²) in [5.41, 5.74) is 2.75. The summed E-state index contributed by atoms with van der Waals surface area (Å²) >= 11 is 0. The van der Waals surface area contributed by atoms with Gasteiger partial charge >= 0.3 is 0 Å². The van der Waals surface area contributed by atoms with Crippen molar-refractivity contribution in [3.8, 4) is 0 Å². The fourth-order valence-electron chi connectivity index (χ4n) is 4.17. The van der Waals surface area contributed by atoms with Crippen molar-refractivity contribution in [3.63, 3.8) is 0 Å². The zero-order valence-electron chi connectivity index (χ0n) is 22.1. The highest BCUT2D eigenvalue weighted by Gasteiger charge is 1.96. The second-order valence-electron chi connectivity index (χ2n) is 9.93. The van der Waals surface area contributed by atoms with Gasteiger partial charge in [0.05, 0.1) is 12.5 Å². The van der Waals surface area contributed by atoms with Crippen LogP contribution in [0.2, 0.25) is 0 Å². The zero-order valence-corrected chi connectivity index (χ0v) is 22.1. The number of unbranched alkanes of at least 4 members (excludes halogenated alkanes) is 18. The van der Waals surface area contributed by atoms with Crippen molar-refractivity contribution in [1.82, 2.24) is 0 Å². The predicted molar refractivity (Wildman–Crippen MR) is 142 cm³/mol. The van der Waals surface area contributed by atoms with Crippen molar-refractivity contribution in [3.05, 3.63) is 23.7 Å². The molecule has 0 fully saturated rings. The quantitative estimate of drug-likeness (QED) is 0.108. The van der Waals surface area contributed by atoms with Gasteiger partial charge in [0.1, 0.15) is 0 Å². The first-order valence-electron chi connectivity index (χ1n) is 14.2. The molecule has 0 aliphatic carbocycles. The monoisotopic (exact) mass is 434 g/mol. The van der Waals surface area contributed by atoms with E-state index in [0.717, 1.165) is 0 Å². The highest BCUT2D eigenvalue weighted by Crippen LogP contribution is 2.15. The summed E-state index contributed by atoms with van der Waals surface area (Å²) in [6.45, 7) is 8.99. The second kappa shape index (κ2) is 25.5. The van der Waals surface area contributed by atoms with Crippen molar-refractivity contribution in [2.24, 2.45) is 0 Å². The third-order valence-electron chi connectivity index (χ3n) is 6.39. The largest absolute Gasteiger partial charge is 0.473 e. The van der Waals surface area contributed by atoms with Crippen molar-refractivity contribution in [1.29, 1.82) is 0 Å². The molecule has 0 atom stereocenters. The van der Waals surface area contributed by atoms with Crippen LogP contribution in [0.15, 0.2) is 23.7 Å². The molecule has 31 heavy (non-hydrogen) atoms. The van der Waals surface area contributed by atoms with Gasteiger partial charge < -0.3 is 4.74 Å². The van der Waals surface area contributed by atoms with Crippen LogP contribution >= 0.6 is 0 Å². The molecule has 0 spiro atoms. The summed E-state index contributed by atoms with van der Waals surface area (Å²) < 4.78 is 5.72. The molecular weight excluding hydrogens is 376 g/mol. The smallest absolute Gasteiger partial charge is 0.0890 e. The standard InChI is InChI=1S/C30H58O/c1-5-7-9-11-13-15-17-19-21-23-25-29(3)27-31-28-30(4)26-24-22-20-18-16-14-12-10-8-6-2/h27-28H,5-26H2,1-4H3. The maximum Gasteiger partial charge on any atom is 0.0890 e. The third kappa shape index (κ3) is 25.4. The molecule has 0 aliphatic rings. The van der Waals surface area contributed by atoms with Crippen LogP contribution in [0.4, 0.5) is 0 Å². The lowest BCUT2D eigenvalue weighted by molar-refractivity contribution is 0.388. The maximum absolute atomic E-state index is 5.72. The summed E-state index contributed by atoms with van der Waals surface area (Å²) in [6.07, 6.45) is 34.4. The van der Waals surface area contributed by atoms with Crippen LogP contribution in [0.25, 0.3) is 0 Å². The highest BCUT2D eigenvalue weighted by molar-refractivity contribution is 4.97. The lowest BCUT2D eigenvalue weighted by atomic mass is 10.0. The Labute approximate surface area is 197 Å². The van der Waals surface area contributed by atoms with Crippen molar-refractivity contribution in [2.45, 2.75) is 169 Å². The van der Waals surface area contributed by atoms with E-state index < -0.39 is 0 Å². The minimum absolute atomic E-state index is 1.18. The summed E-state index contributed by atoms with van der Waals surface area (Å²) in [4.78, 5) is 0. The van der Waals surface area contributed by atoms with E-state index in [9.17, 15) is 0 Å². The van der Waals surface area contributed by atoms with Crippen LogP contribution in [-0.2, 0) is 4.74 Å². The van der Waals surface area contributed by atoms with Gasteiger partial charge in [-0.05, 0) is 50.7 Å². The average Bonchev–Trinajstić information content (AvgIpc) is 2.76. The minimum Gasteiger partial charge on any atom is -0.473 e. The molecule has 0 aromatic carbocycles. The van der Waals surface area contributed by atoms with Gasteiger partial charge in [-0.3, -0.25) is 0 Å². The fourth-order valence-corrected chi connectivity index (χ4v) is 4.17. The van der Waals surface area contributed by atoms with E-state index >= 15 is 0 Å². The Hall–Kier alpha value is -0.720. The molecule has 184 valence electrons. The Kier molecular flexibility index (Phi) is 24.9. The van der Waals surface area contributed by atoms with E-state index in [-0.39, 0.29) is 0 Å². The maximum atomic E-state index is 5.72.